The number of rotatable bonds is 3. The van der Waals surface area contributed by atoms with Crippen molar-refractivity contribution in [3.63, 3.8) is 0 Å². The number of anilines is 1. The molecule has 2 heteroatoms. The molecule has 0 atom stereocenters. The number of alkyl halides is 1. The van der Waals surface area contributed by atoms with E-state index in [0.717, 1.165) is 0 Å². The third-order valence-electron chi connectivity index (χ3n) is 4.58. The summed E-state index contributed by atoms with van der Waals surface area (Å²) in [6.45, 7) is 9.31. The highest BCUT2D eigenvalue weighted by atomic mass is 35.5. The van der Waals surface area contributed by atoms with E-state index in [0.29, 0.717) is 11.3 Å². The molecule has 100 valence electrons. The minimum absolute atomic E-state index is 0.556. The summed E-state index contributed by atoms with van der Waals surface area (Å²) in [5.41, 5.74) is 4.52. The van der Waals surface area contributed by atoms with Gasteiger partial charge in [-0.1, -0.05) is 32.4 Å². The van der Waals surface area contributed by atoms with E-state index in [1.165, 1.54) is 49.2 Å². The molecule has 0 unspecified atom stereocenters. The van der Waals surface area contributed by atoms with Crippen molar-refractivity contribution in [1.82, 2.24) is 0 Å². The Kier molecular flexibility index (Phi) is 4.21. The second-order valence-corrected chi connectivity index (χ2v) is 6.17. The van der Waals surface area contributed by atoms with Gasteiger partial charge in [0.1, 0.15) is 0 Å². The van der Waals surface area contributed by atoms with E-state index in [-0.39, 0.29) is 0 Å². The van der Waals surface area contributed by atoms with Gasteiger partial charge in [-0.25, -0.2) is 0 Å². The molecule has 18 heavy (non-hydrogen) atoms. The molecule has 1 aromatic rings. The van der Waals surface area contributed by atoms with Gasteiger partial charge in [0.15, 0.2) is 0 Å². The average molecular weight is 266 g/mol. The zero-order chi connectivity index (χ0) is 13.2. The molecule has 1 nitrogen and oxygen atoms in total. The first-order valence-corrected chi connectivity index (χ1v) is 7.52. The Labute approximate surface area is 116 Å². The Balaban J connectivity index is 2.10. The van der Waals surface area contributed by atoms with Crippen molar-refractivity contribution >= 4 is 17.3 Å². The molecule has 1 aromatic carbocycles. The predicted octanol–water partition coefficient (Wildman–Crippen LogP) is 4.75. The quantitative estimate of drug-likeness (QED) is 0.713. The molecule has 0 radical (unpaired) electrons. The Hall–Kier alpha value is -0.690. The number of hydrogen-bond acceptors (Lipinski definition) is 1. The molecule has 1 saturated heterocycles. The number of nitrogens with zero attached hydrogens (tertiary/aromatic N) is 1. The first-order chi connectivity index (χ1) is 8.58. The van der Waals surface area contributed by atoms with E-state index in [4.69, 9.17) is 11.6 Å². The Bertz CT molecular complexity index is 406. The summed E-state index contributed by atoms with van der Waals surface area (Å²) in [5, 5.41) is 0. The zero-order valence-electron chi connectivity index (χ0n) is 11.8. The monoisotopic (exact) mass is 265 g/mol. The number of halogens is 1. The summed E-state index contributed by atoms with van der Waals surface area (Å²) in [6.07, 6.45) is 3.91. The van der Waals surface area contributed by atoms with Gasteiger partial charge >= 0.3 is 0 Å². The second kappa shape index (κ2) is 5.52. The van der Waals surface area contributed by atoms with Crippen LogP contribution in [-0.2, 0) is 5.88 Å². The van der Waals surface area contributed by atoms with Crippen LogP contribution in [0.5, 0.6) is 0 Å². The Morgan fingerprint density at radius 3 is 2.44 bits per heavy atom. The van der Waals surface area contributed by atoms with Crippen molar-refractivity contribution in [3.05, 3.63) is 29.3 Å². The molecule has 1 aliphatic rings. The third kappa shape index (κ3) is 2.83. The molecule has 0 N–H and O–H groups in total. The minimum Gasteiger partial charge on any atom is -0.371 e. The van der Waals surface area contributed by atoms with Gasteiger partial charge in [0.2, 0.25) is 0 Å². The van der Waals surface area contributed by atoms with Crippen molar-refractivity contribution in [3.8, 4) is 0 Å². The van der Waals surface area contributed by atoms with Crippen molar-refractivity contribution in [2.24, 2.45) is 5.41 Å². The lowest BCUT2D eigenvalue weighted by Crippen LogP contribution is -2.38. The molecule has 0 saturated carbocycles. The fourth-order valence-corrected chi connectivity index (χ4v) is 2.96. The second-order valence-electron chi connectivity index (χ2n) is 5.91. The summed E-state index contributed by atoms with van der Waals surface area (Å²) in [4.78, 5) is 2.53. The number of hydrogen-bond donors (Lipinski definition) is 0. The maximum absolute atomic E-state index is 5.88. The predicted molar refractivity (Wildman–Crippen MR) is 80.6 cm³/mol. The van der Waals surface area contributed by atoms with Crippen molar-refractivity contribution < 1.29 is 0 Å². The zero-order valence-corrected chi connectivity index (χ0v) is 12.6. The molecular weight excluding hydrogens is 242 g/mol. The lowest BCUT2D eigenvalue weighted by molar-refractivity contribution is 0.238. The van der Waals surface area contributed by atoms with Gasteiger partial charge in [-0.05, 0) is 42.4 Å². The third-order valence-corrected chi connectivity index (χ3v) is 4.89. The highest BCUT2D eigenvalue weighted by Gasteiger charge is 2.28. The van der Waals surface area contributed by atoms with Gasteiger partial charge in [0, 0.05) is 24.7 Å². The van der Waals surface area contributed by atoms with E-state index in [9.17, 15) is 0 Å². The van der Waals surface area contributed by atoms with Crippen LogP contribution in [0.2, 0.25) is 0 Å². The smallest absolute Gasteiger partial charge is 0.0474 e. The lowest BCUT2D eigenvalue weighted by Gasteiger charge is -2.40. The SMILES string of the molecule is CCC1(C)CCN(c2ccc(CCl)cc2C)CC1. The normalized spacial score (nSPS) is 19.0. The molecule has 0 amide bonds. The number of aryl methyl sites for hydroxylation is 1. The van der Waals surface area contributed by atoms with Crippen LogP contribution in [0.1, 0.15) is 44.2 Å². The van der Waals surface area contributed by atoms with E-state index >= 15 is 0 Å². The van der Waals surface area contributed by atoms with Crippen LogP contribution in [0.3, 0.4) is 0 Å². The number of benzene rings is 1. The summed E-state index contributed by atoms with van der Waals surface area (Å²) in [6, 6.07) is 6.61. The standard InChI is InChI=1S/C16H24ClN/c1-4-16(3)7-9-18(10-8-16)15-6-5-14(12-17)11-13(15)2/h5-6,11H,4,7-10,12H2,1-3H3. The summed E-state index contributed by atoms with van der Waals surface area (Å²) >= 11 is 5.88. The molecule has 2 rings (SSSR count). The van der Waals surface area contributed by atoms with Crippen LogP contribution in [0, 0.1) is 12.3 Å². The van der Waals surface area contributed by atoms with Crippen LogP contribution in [-0.4, -0.2) is 13.1 Å². The maximum Gasteiger partial charge on any atom is 0.0474 e. The first kappa shape index (κ1) is 13.7. The van der Waals surface area contributed by atoms with Gasteiger partial charge in [-0.2, -0.15) is 0 Å². The molecule has 1 aliphatic heterocycles. The summed E-state index contributed by atoms with van der Waals surface area (Å²) in [5.74, 6) is 0.606. The van der Waals surface area contributed by atoms with Gasteiger partial charge in [-0.15, -0.1) is 11.6 Å². The topological polar surface area (TPSA) is 3.24 Å². The van der Waals surface area contributed by atoms with E-state index in [1.807, 2.05) is 0 Å². The molecule has 0 aliphatic carbocycles. The minimum atomic E-state index is 0.556. The fourth-order valence-electron chi connectivity index (χ4n) is 2.80. The molecule has 0 aromatic heterocycles. The highest BCUT2D eigenvalue weighted by Crippen LogP contribution is 2.36. The van der Waals surface area contributed by atoms with Crippen molar-refractivity contribution in [2.45, 2.75) is 45.9 Å². The van der Waals surface area contributed by atoms with E-state index in [1.54, 1.807) is 0 Å². The van der Waals surface area contributed by atoms with E-state index < -0.39 is 0 Å². The molecule has 0 bridgehead atoms. The van der Waals surface area contributed by atoms with Crippen LogP contribution < -0.4 is 4.90 Å². The molecule has 1 heterocycles. The summed E-state index contributed by atoms with van der Waals surface area (Å²) < 4.78 is 0. The Morgan fingerprint density at radius 2 is 1.94 bits per heavy atom. The van der Waals surface area contributed by atoms with Crippen molar-refractivity contribution in [2.75, 3.05) is 18.0 Å². The highest BCUT2D eigenvalue weighted by molar-refractivity contribution is 6.17. The largest absolute Gasteiger partial charge is 0.371 e. The van der Waals surface area contributed by atoms with Crippen LogP contribution >= 0.6 is 11.6 Å². The van der Waals surface area contributed by atoms with E-state index in [2.05, 4.69) is 43.9 Å². The van der Waals surface area contributed by atoms with Gasteiger partial charge in [0.05, 0.1) is 0 Å². The first-order valence-electron chi connectivity index (χ1n) is 6.98. The van der Waals surface area contributed by atoms with Gasteiger partial charge in [-0.3, -0.25) is 0 Å². The van der Waals surface area contributed by atoms with Crippen LogP contribution in [0.25, 0.3) is 0 Å². The molecular formula is C16H24ClN. The maximum atomic E-state index is 5.88. The molecule has 1 fully saturated rings. The number of piperidine rings is 1. The average Bonchev–Trinajstić information content (AvgIpc) is 2.40. The Morgan fingerprint density at radius 1 is 1.28 bits per heavy atom. The van der Waals surface area contributed by atoms with Gasteiger partial charge < -0.3 is 4.90 Å². The summed E-state index contributed by atoms with van der Waals surface area (Å²) in [7, 11) is 0. The van der Waals surface area contributed by atoms with Crippen LogP contribution in [0.15, 0.2) is 18.2 Å². The lowest BCUT2D eigenvalue weighted by atomic mass is 9.78. The van der Waals surface area contributed by atoms with Crippen LogP contribution in [0.4, 0.5) is 5.69 Å². The fraction of sp³-hybridized carbons (Fsp3) is 0.625. The molecule has 0 spiro atoms. The van der Waals surface area contributed by atoms with Crippen molar-refractivity contribution in [1.29, 1.82) is 0 Å². The van der Waals surface area contributed by atoms with Gasteiger partial charge in [0.25, 0.3) is 0 Å².